The van der Waals surface area contributed by atoms with Crippen molar-refractivity contribution in [3.05, 3.63) is 35.6 Å². The largest absolute Gasteiger partial charge is 0.342 e. The molecular formula is C20H28FN3O2. The van der Waals surface area contributed by atoms with Gasteiger partial charge in [-0.1, -0.05) is 6.92 Å². The minimum absolute atomic E-state index is 0.0524. The number of nitrogens with zero attached hydrogens (tertiary/aromatic N) is 3. The monoisotopic (exact) mass is 361 g/mol. The van der Waals surface area contributed by atoms with Crippen molar-refractivity contribution >= 4 is 11.7 Å². The van der Waals surface area contributed by atoms with Gasteiger partial charge in [0.05, 0.1) is 6.54 Å². The summed E-state index contributed by atoms with van der Waals surface area (Å²) in [7, 11) is 0. The summed E-state index contributed by atoms with van der Waals surface area (Å²) in [6.45, 7) is 8.40. The summed E-state index contributed by atoms with van der Waals surface area (Å²) in [6, 6.07) is 5.76. The Bertz CT molecular complexity index is 620. The molecule has 2 fully saturated rings. The highest BCUT2D eigenvalue weighted by molar-refractivity contribution is 5.97. The zero-order valence-electron chi connectivity index (χ0n) is 15.5. The Labute approximate surface area is 154 Å². The van der Waals surface area contributed by atoms with E-state index in [-0.39, 0.29) is 23.4 Å². The van der Waals surface area contributed by atoms with Crippen LogP contribution in [0.4, 0.5) is 4.39 Å². The third kappa shape index (κ3) is 4.89. The number of halogens is 1. The molecule has 1 amide bonds. The number of benzene rings is 1. The number of ketones is 1. The maximum absolute atomic E-state index is 13.0. The van der Waals surface area contributed by atoms with Crippen LogP contribution in [0.2, 0.25) is 0 Å². The number of hydrogen-bond donors (Lipinski definition) is 0. The molecular weight excluding hydrogens is 333 g/mol. The number of amides is 1. The predicted octanol–water partition coefficient (Wildman–Crippen LogP) is 1.88. The van der Waals surface area contributed by atoms with Crippen molar-refractivity contribution in [3.63, 3.8) is 0 Å². The molecule has 0 N–H and O–H groups in total. The highest BCUT2D eigenvalue weighted by Crippen LogP contribution is 2.14. The number of hydrogen-bond acceptors (Lipinski definition) is 4. The molecule has 5 nitrogen and oxygen atoms in total. The Hall–Kier alpha value is -1.79. The molecule has 1 aromatic carbocycles. The lowest BCUT2D eigenvalue weighted by Crippen LogP contribution is -2.50. The molecule has 1 unspecified atom stereocenters. The van der Waals surface area contributed by atoms with Crippen LogP contribution in [0.25, 0.3) is 0 Å². The Morgan fingerprint density at radius 3 is 2.15 bits per heavy atom. The van der Waals surface area contributed by atoms with Gasteiger partial charge < -0.3 is 9.80 Å². The Morgan fingerprint density at radius 2 is 1.54 bits per heavy atom. The molecule has 142 valence electrons. The molecule has 0 aromatic heterocycles. The molecule has 2 aliphatic rings. The zero-order valence-corrected chi connectivity index (χ0v) is 15.5. The van der Waals surface area contributed by atoms with Crippen molar-refractivity contribution in [2.24, 2.45) is 5.92 Å². The SMILES string of the molecule is CC(CN1CCN(CC(=O)N2CCCC2)CC1)C(=O)c1ccc(F)cc1. The van der Waals surface area contributed by atoms with Crippen LogP contribution in [-0.4, -0.2) is 78.7 Å². The quantitative estimate of drug-likeness (QED) is 0.726. The van der Waals surface area contributed by atoms with Crippen LogP contribution in [0.3, 0.4) is 0 Å². The van der Waals surface area contributed by atoms with E-state index >= 15 is 0 Å². The molecule has 2 heterocycles. The number of likely N-dealkylation sites (tertiary alicyclic amines) is 1. The summed E-state index contributed by atoms with van der Waals surface area (Å²) in [4.78, 5) is 31.2. The zero-order chi connectivity index (χ0) is 18.5. The van der Waals surface area contributed by atoms with Crippen LogP contribution in [-0.2, 0) is 4.79 Å². The van der Waals surface area contributed by atoms with E-state index in [0.717, 1.165) is 52.1 Å². The first-order chi connectivity index (χ1) is 12.5. The van der Waals surface area contributed by atoms with Crippen LogP contribution >= 0.6 is 0 Å². The van der Waals surface area contributed by atoms with Crippen molar-refractivity contribution in [1.82, 2.24) is 14.7 Å². The lowest BCUT2D eigenvalue weighted by molar-refractivity contribution is -0.131. The minimum atomic E-state index is -0.325. The Balaban J connectivity index is 1.42. The molecule has 0 radical (unpaired) electrons. The molecule has 2 saturated heterocycles. The average Bonchev–Trinajstić information content (AvgIpc) is 3.18. The second kappa shape index (κ2) is 8.73. The topological polar surface area (TPSA) is 43.9 Å². The van der Waals surface area contributed by atoms with Gasteiger partial charge >= 0.3 is 0 Å². The summed E-state index contributed by atoms with van der Waals surface area (Å²) in [5.74, 6) is -0.153. The van der Waals surface area contributed by atoms with Crippen LogP contribution < -0.4 is 0 Å². The number of rotatable bonds is 6. The van der Waals surface area contributed by atoms with Crippen LogP contribution in [0.15, 0.2) is 24.3 Å². The van der Waals surface area contributed by atoms with Crippen molar-refractivity contribution in [3.8, 4) is 0 Å². The molecule has 2 aliphatic heterocycles. The van der Waals surface area contributed by atoms with Gasteiger partial charge in [0.2, 0.25) is 5.91 Å². The van der Waals surface area contributed by atoms with E-state index in [1.54, 1.807) is 12.1 Å². The molecule has 26 heavy (non-hydrogen) atoms. The summed E-state index contributed by atoms with van der Waals surface area (Å²) < 4.78 is 13.0. The van der Waals surface area contributed by atoms with Crippen molar-refractivity contribution in [1.29, 1.82) is 0 Å². The Morgan fingerprint density at radius 1 is 0.962 bits per heavy atom. The third-order valence-electron chi connectivity index (χ3n) is 5.39. The number of piperazine rings is 1. The first kappa shape index (κ1) is 19.0. The molecule has 0 spiro atoms. The van der Waals surface area contributed by atoms with Crippen LogP contribution in [0.1, 0.15) is 30.1 Å². The molecule has 1 aromatic rings. The normalized spacial score (nSPS) is 20.3. The number of Topliss-reactive ketones (excluding diaryl/α,β-unsaturated/α-hetero) is 1. The van der Waals surface area contributed by atoms with Gasteiger partial charge in [0, 0.05) is 57.3 Å². The van der Waals surface area contributed by atoms with E-state index in [0.29, 0.717) is 18.7 Å². The highest BCUT2D eigenvalue weighted by Gasteiger charge is 2.25. The summed E-state index contributed by atoms with van der Waals surface area (Å²) in [5.41, 5.74) is 0.564. The lowest BCUT2D eigenvalue weighted by atomic mass is 9.98. The van der Waals surface area contributed by atoms with Gasteiger partial charge in [0.15, 0.2) is 5.78 Å². The van der Waals surface area contributed by atoms with E-state index in [4.69, 9.17) is 0 Å². The fourth-order valence-corrected chi connectivity index (χ4v) is 3.76. The van der Waals surface area contributed by atoms with Crippen LogP contribution in [0, 0.1) is 11.7 Å². The van der Waals surface area contributed by atoms with Gasteiger partial charge in [-0.05, 0) is 37.1 Å². The minimum Gasteiger partial charge on any atom is -0.342 e. The Kier molecular flexibility index (Phi) is 6.38. The molecule has 0 aliphatic carbocycles. The number of carbonyl (C=O) groups is 2. The van der Waals surface area contributed by atoms with Crippen molar-refractivity contribution < 1.29 is 14.0 Å². The molecule has 0 bridgehead atoms. The lowest BCUT2D eigenvalue weighted by Gasteiger charge is -2.36. The van der Waals surface area contributed by atoms with Gasteiger partial charge in [-0.2, -0.15) is 0 Å². The molecule has 3 rings (SSSR count). The smallest absolute Gasteiger partial charge is 0.236 e. The van der Waals surface area contributed by atoms with Crippen LogP contribution in [0.5, 0.6) is 0 Å². The van der Waals surface area contributed by atoms with Gasteiger partial charge in [0.1, 0.15) is 5.82 Å². The highest BCUT2D eigenvalue weighted by atomic mass is 19.1. The van der Waals surface area contributed by atoms with Gasteiger partial charge in [-0.3, -0.25) is 14.5 Å². The standard InChI is InChI=1S/C20H28FN3O2/c1-16(20(26)17-4-6-18(21)7-5-17)14-22-10-12-23(13-11-22)15-19(25)24-8-2-3-9-24/h4-7,16H,2-3,8-15H2,1H3. The maximum atomic E-state index is 13.0. The van der Waals surface area contributed by atoms with Gasteiger partial charge in [-0.15, -0.1) is 0 Å². The number of carbonyl (C=O) groups excluding carboxylic acids is 2. The van der Waals surface area contributed by atoms with E-state index in [1.165, 1.54) is 12.1 Å². The van der Waals surface area contributed by atoms with E-state index in [1.807, 2.05) is 11.8 Å². The third-order valence-corrected chi connectivity index (χ3v) is 5.39. The summed E-state index contributed by atoms with van der Waals surface area (Å²) in [5, 5.41) is 0. The van der Waals surface area contributed by atoms with E-state index in [9.17, 15) is 14.0 Å². The average molecular weight is 361 g/mol. The second-order valence-corrected chi connectivity index (χ2v) is 7.44. The van der Waals surface area contributed by atoms with Crippen molar-refractivity contribution in [2.45, 2.75) is 19.8 Å². The molecule has 0 saturated carbocycles. The first-order valence-electron chi connectivity index (χ1n) is 9.55. The predicted molar refractivity (Wildman–Crippen MR) is 98.6 cm³/mol. The summed E-state index contributed by atoms with van der Waals surface area (Å²) >= 11 is 0. The van der Waals surface area contributed by atoms with E-state index < -0.39 is 0 Å². The molecule has 1 atom stereocenters. The first-order valence-corrected chi connectivity index (χ1v) is 9.55. The van der Waals surface area contributed by atoms with Gasteiger partial charge in [-0.25, -0.2) is 4.39 Å². The molecule has 6 heteroatoms. The fraction of sp³-hybridized carbons (Fsp3) is 0.600. The van der Waals surface area contributed by atoms with E-state index in [2.05, 4.69) is 9.80 Å². The fourth-order valence-electron chi connectivity index (χ4n) is 3.76. The second-order valence-electron chi connectivity index (χ2n) is 7.44. The van der Waals surface area contributed by atoms with Gasteiger partial charge in [0.25, 0.3) is 0 Å². The van der Waals surface area contributed by atoms with Crippen molar-refractivity contribution in [2.75, 3.05) is 52.4 Å². The summed E-state index contributed by atoms with van der Waals surface area (Å²) in [6.07, 6.45) is 2.25. The maximum Gasteiger partial charge on any atom is 0.236 e.